The fraction of sp³-hybridized carbons (Fsp3) is 0.105. The van der Waals surface area contributed by atoms with Gasteiger partial charge in [0, 0.05) is 6.42 Å². The zero-order valence-corrected chi connectivity index (χ0v) is 14.6. The molecule has 0 saturated carbocycles. The van der Waals surface area contributed by atoms with E-state index in [0.29, 0.717) is 23.2 Å². The van der Waals surface area contributed by atoms with Crippen molar-refractivity contribution in [2.45, 2.75) is 6.42 Å². The minimum Gasteiger partial charge on any atom is -0.497 e. The summed E-state index contributed by atoms with van der Waals surface area (Å²) in [5, 5.41) is 16.1. The quantitative estimate of drug-likeness (QED) is 0.568. The lowest BCUT2D eigenvalue weighted by Crippen LogP contribution is -2.01. The zero-order valence-electron chi connectivity index (χ0n) is 13.8. The molecule has 4 rings (SSSR count). The maximum absolute atomic E-state index is 11.8. The van der Waals surface area contributed by atoms with Gasteiger partial charge in [-0.2, -0.15) is 0 Å². The highest BCUT2D eigenvalue weighted by atomic mass is 32.1. The van der Waals surface area contributed by atoms with Crippen LogP contribution in [0.5, 0.6) is 5.75 Å². The van der Waals surface area contributed by atoms with Crippen LogP contribution in [0.15, 0.2) is 52.4 Å². The summed E-state index contributed by atoms with van der Waals surface area (Å²) in [6.07, 6.45) is 0.442. The second kappa shape index (κ2) is 6.61. The average molecular weight is 366 g/mol. The Morgan fingerprint density at radius 1 is 1.27 bits per heavy atom. The van der Waals surface area contributed by atoms with Crippen molar-refractivity contribution in [1.29, 1.82) is 0 Å². The van der Waals surface area contributed by atoms with Gasteiger partial charge in [-0.05, 0) is 35.2 Å². The summed E-state index contributed by atoms with van der Waals surface area (Å²) in [6, 6.07) is 12.9. The Bertz CT molecular complexity index is 1070. The highest BCUT2D eigenvalue weighted by Crippen LogP contribution is 2.30. The molecule has 0 aliphatic rings. The first-order valence-electron chi connectivity index (χ1n) is 7.85. The molecule has 3 heterocycles. The number of rotatable bonds is 5. The number of carboxylic acid groups (broad SMARTS) is 1. The first-order chi connectivity index (χ1) is 12.7. The molecular formula is C19H14N2O4S. The van der Waals surface area contributed by atoms with E-state index < -0.39 is 5.97 Å². The van der Waals surface area contributed by atoms with Gasteiger partial charge in [-0.1, -0.05) is 23.4 Å². The summed E-state index contributed by atoms with van der Waals surface area (Å²) in [6.45, 7) is 0. The fourth-order valence-corrected chi connectivity index (χ4v) is 3.47. The molecule has 0 bridgehead atoms. The van der Waals surface area contributed by atoms with Crippen LogP contribution in [0.25, 0.3) is 21.7 Å². The van der Waals surface area contributed by atoms with Crippen LogP contribution in [-0.4, -0.2) is 28.3 Å². The molecule has 0 spiro atoms. The van der Waals surface area contributed by atoms with E-state index in [1.54, 1.807) is 13.2 Å². The number of hydrogen-bond donors (Lipinski definition) is 1. The summed E-state index contributed by atoms with van der Waals surface area (Å²) >= 11 is 1.49. The van der Waals surface area contributed by atoms with Gasteiger partial charge in [0.1, 0.15) is 5.75 Å². The number of hydrogen-bond acceptors (Lipinski definition) is 6. The van der Waals surface area contributed by atoms with E-state index in [-0.39, 0.29) is 11.3 Å². The van der Waals surface area contributed by atoms with Gasteiger partial charge < -0.3 is 14.4 Å². The van der Waals surface area contributed by atoms with Crippen LogP contribution in [0.4, 0.5) is 0 Å². The molecule has 0 atom stereocenters. The van der Waals surface area contributed by atoms with Crippen molar-refractivity contribution in [1.82, 2.24) is 10.1 Å². The molecule has 26 heavy (non-hydrogen) atoms. The Balaban J connectivity index is 1.79. The number of nitrogens with zero attached hydrogens (tertiary/aromatic N) is 2. The molecule has 1 N–H and O–H groups in total. The van der Waals surface area contributed by atoms with Crippen LogP contribution < -0.4 is 4.74 Å². The van der Waals surface area contributed by atoms with E-state index in [9.17, 15) is 9.90 Å². The monoisotopic (exact) mass is 366 g/mol. The minimum absolute atomic E-state index is 0.142. The van der Waals surface area contributed by atoms with Gasteiger partial charge in [0.05, 0.1) is 34.3 Å². The van der Waals surface area contributed by atoms with Crippen molar-refractivity contribution in [3.8, 4) is 16.3 Å². The third-order valence-corrected chi connectivity index (χ3v) is 4.94. The predicted octanol–water partition coefficient (Wildman–Crippen LogP) is 4.25. The van der Waals surface area contributed by atoms with E-state index in [2.05, 4.69) is 10.1 Å². The Labute approximate surface area is 152 Å². The number of methoxy groups -OCH3 is 1. The molecule has 130 valence electrons. The van der Waals surface area contributed by atoms with Crippen LogP contribution in [0, 0.1) is 0 Å². The molecule has 0 saturated heterocycles. The topological polar surface area (TPSA) is 85.5 Å². The number of carboxylic acids is 1. The van der Waals surface area contributed by atoms with Crippen molar-refractivity contribution in [3.05, 3.63) is 64.7 Å². The second-order valence-electron chi connectivity index (χ2n) is 5.67. The van der Waals surface area contributed by atoms with Crippen LogP contribution >= 0.6 is 11.3 Å². The summed E-state index contributed by atoms with van der Waals surface area (Å²) < 4.78 is 10.5. The predicted molar refractivity (Wildman–Crippen MR) is 97.9 cm³/mol. The Morgan fingerprint density at radius 2 is 2.08 bits per heavy atom. The van der Waals surface area contributed by atoms with Gasteiger partial charge in [-0.3, -0.25) is 0 Å². The first-order valence-corrected chi connectivity index (χ1v) is 8.73. The van der Waals surface area contributed by atoms with Crippen molar-refractivity contribution >= 4 is 28.4 Å². The maximum Gasteiger partial charge on any atom is 0.336 e. The van der Waals surface area contributed by atoms with Crippen LogP contribution in [-0.2, 0) is 6.42 Å². The maximum atomic E-state index is 11.8. The number of aromatic nitrogens is 2. The highest BCUT2D eigenvalue weighted by molar-refractivity contribution is 7.13. The average Bonchev–Trinajstić information content (AvgIpc) is 3.32. The Kier molecular flexibility index (Phi) is 4.14. The van der Waals surface area contributed by atoms with E-state index in [1.807, 2.05) is 41.8 Å². The van der Waals surface area contributed by atoms with Crippen molar-refractivity contribution in [2.75, 3.05) is 7.11 Å². The largest absolute Gasteiger partial charge is 0.497 e. The van der Waals surface area contributed by atoms with Crippen LogP contribution in [0.3, 0.4) is 0 Å². The standard InChI is InChI=1S/C19H14N2O4S/c1-24-12-6-4-11(5-7-12)9-15-17-13(19(22)23)10-14(16-3-2-8-26-16)20-18(17)25-21-15/h2-8,10H,9H2,1H3,(H,22,23). The van der Waals surface area contributed by atoms with Crippen molar-refractivity contribution in [2.24, 2.45) is 0 Å². The fourth-order valence-electron chi connectivity index (χ4n) is 2.79. The number of thiophene rings is 1. The number of benzene rings is 1. The molecule has 7 heteroatoms. The third-order valence-electron chi connectivity index (χ3n) is 4.05. The first kappa shape index (κ1) is 16.3. The molecule has 0 aliphatic heterocycles. The summed E-state index contributed by atoms with van der Waals surface area (Å²) in [7, 11) is 1.61. The lowest BCUT2D eigenvalue weighted by atomic mass is 10.0. The van der Waals surface area contributed by atoms with Crippen LogP contribution in [0.1, 0.15) is 21.6 Å². The lowest BCUT2D eigenvalue weighted by molar-refractivity contribution is 0.0699. The number of carbonyl (C=O) groups is 1. The van der Waals surface area contributed by atoms with Crippen molar-refractivity contribution < 1.29 is 19.2 Å². The summed E-state index contributed by atoms with van der Waals surface area (Å²) in [5.41, 5.74) is 2.46. The Morgan fingerprint density at radius 3 is 2.73 bits per heavy atom. The van der Waals surface area contributed by atoms with E-state index in [4.69, 9.17) is 9.26 Å². The summed E-state index contributed by atoms with van der Waals surface area (Å²) in [5.74, 6) is -0.276. The zero-order chi connectivity index (χ0) is 18.1. The van der Waals surface area contributed by atoms with E-state index in [0.717, 1.165) is 16.2 Å². The van der Waals surface area contributed by atoms with E-state index >= 15 is 0 Å². The van der Waals surface area contributed by atoms with Crippen molar-refractivity contribution in [3.63, 3.8) is 0 Å². The normalized spacial score (nSPS) is 11.0. The molecular weight excluding hydrogens is 352 g/mol. The molecule has 0 fully saturated rings. The smallest absolute Gasteiger partial charge is 0.336 e. The van der Waals surface area contributed by atoms with Gasteiger partial charge in [0.15, 0.2) is 0 Å². The van der Waals surface area contributed by atoms with Gasteiger partial charge in [-0.25, -0.2) is 9.78 Å². The molecule has 0 aliphatic carbocycles. The van der Waals surface area contributed by atoms with Gasteiger partial charge in [0.25, 0.3) is 5.71 Å². The number of fused-ring (bicyclic) bond motifs is 1. The molecule has 1 aromatic carbocycles. The molecule has 0 radical (unpaired) electrons. The van der Waals surface area contributed by atoms with Gasteiger partial charge >= 0.3 is 5.97 Å². The molecule has 3 aromatic heterocycles. The van der Waals surface area contributed by atoms with Gasteiger partial charge in [-0.15, -0.1) is 11.3 Å². The number of ether oxygens (including phenoxy) is 1. The van der Waals surface area contributed by atoms with Crippen LogP contribution in [0.2, 0.25) is 0 Å². The molecule has 6 nitrogen and oxygen atoms in total. The number of aromatic carboxylic acids is 1. The molecule has 4 aromatic rings. The highest BCUT2D eigenvalue weighted by Gasteiger charge is 2.21. The summed E-state index contributed by atoms with van der Waals surface area (Å²) in [4.78, 5) is 17.1. The minimum atomic E-state index is -1.03. The lowest BCUT2D eigenvalue weighted by Gasteiger charge is -2.04. The Hall–Kier alpha value is -3.19. The SMILES string of the molecule is COc1ccc(Cc2noc3nc(-c4cccs4)cc(C(=O)O)c23)cc1. The number of pyridine rings is 1. The molecule has 0 unspecified atom stereocenters. The van der Waals surface area contributed by atoms with Gasteiger partial charge in [0.2, 0.25) is 0 Å². The molecule has 0 amide bonds. The van der Waals surface area contributed by atoms with E-state index in [1.165, 1.54) is 11.3 Å². The second-order valence-corrected chi connectivity index (χ2v) is 6.62. The third kappa shape index (κ3) is 2.93.